The van der Waals surface area contributed by atoms with Crippen molar-refractivity contribution in [3.63, 3.8) is 0 Å². The molecule has 0 aromatic heterocycles. The second-order valence-electron chi connectivity index (χ2n) is 9.56. The molecule has 0 aliphatic carbocycles. The lowest BCUT2D eigenvalue weighted by Crippen LogP contribution is -2.46. The number of hydrogen-bond donors (Lipinski definition) is 1. The third-order valence-corrected chi connectivity index (χ3v) is 6.78. The number of esters is 1. The van der Waals surface area contributed by atoms with Crippen molar-refractivity contribution < 1.29 is 37.0 Å². The second kappa shape index (κ2) is 11.4. The van der Waals surface area contributed by atoms with E-state index < -0.39 is 35.3 Å². The number of rotatable bonds is 8. The number of likely N-dealkylation sites (tertiary alicyclic amines) is 1. The predicted molar refractivity (Wildman–Crippen MR) is 131 cm³/mol. The molecular weight excluding hydrogens is 503 g/mol. The molecule has 0 bridgehead atoms. The van der Waals surface area contributed by atoms with Gasteiger partial charge in [0.05, 0.1) is 18.7 Å². The number of halogens is 3. The molecule has 0 saturated carbocycles. The van der Waals surface area contributed by atoms with Gasteiger partial charge >= 0.3 is 18.2 Å². The molecule has 0 radical (unpaired) electrons. The minimum atomic E-state index is -4.35. The third-order valence-electron chi connectivity index (χ3n) is 6.78. The molecule has 2 aliphatic rings. The van der Waals surface area contributed by atoms with Crippen LogP contribution in [0.5, 0.6) is 0 Å². The molecule has 4 rings (SSSR count). The highest BCUT2D eigenvalue weighted by atomic mass is 19.4. The van der Waals surface area contributed by atoms with Gasteiger partial charge in [0.1, 0.15) is 12.1 Å². The van der Waals surface area contributed by atoms with Crippen molar-refractivity contribution >= 4 is 18.0 Å². The molecule has 0 atom stereocenters. The lowest BCUT2D eigenvalue weighted by molar-refractivity contribution is -0.142. The van der Waals surface area contributed by atoms with Gasteiger partial charge in [0.15, 0.2) is 0 Å². The molecule has 11 heteroatoms. The lowest BCUT2D eigenvalue weighted by Gasteiger charge is -2.37. The largest absolute Gasteiger partial charge is 0.465 e. The Balaban J connectivity index is 1.26. The fourth-order valence-corrected chi connectivity index (χ4v) is 4.70. The van der Waals surface area contributed by atoms with E-state index in [2.05, 4.69) is 10.2 Å². The van der Waals surface area contributed by atoms with Crippen LogP contribution in [0.2, 0.25) is 0 Å². The van der Waals surface area contributed by atoms with Gasteiger partial charge in [-0.2, -0.15) is 13.2 Å². The van der Waals surface area contributed by atoms with Crippen LogP contribution in [0.15, 0.2) is 48.5 Å². The topological polar surface area (TPSA) is 88.2 Å². The molecule has 2 aromatic rings. The first-order valence-electron chi connectivity index (χ1n) is 12.5. The van der Waals surface area contributed by atoms with Crippen LogP contribution >= 0.6 is 0 Å². The molecular formula is C27H30F3N3O5. The number of alkyl halides is 3. The molecule has 204 valence electrons. The van der Waals surface area contributed by atoms with Gasteiger partial charge in [-0.15, -0.1) is 0 Å². The van der Waals surface area contributed by atoms with E-state index in [4.69, 9.17) is 9.47 Å². The Morgan fingerprint density at radius 1 is 1.00 bits per heavy atom. The maximum atomic E-state index is 12.8. The number of carbonyl (C=O) groups excluding carboxylic acids is 3. The van der Waals surface area contributed by atoms with Crippen LogP contribution in [0.3, 0.4) is 0 Å². The van der Waals surface area contributed by atoms with Crippen molar-refractivity contribution in [3.8, 4) is 0 Å². The van der Waals surface area contributed by atoms with Gasteiger partial charge in [-0.1, -0.05) is 24.3 Å². The smallest absolute Gasteiger partial charge is 0.416 e. The number of amides is 2. The zero-order valence-corrected chi connectivity index (χ0v) is 21.1. The summed E-state index contributed by atoms with van der Waals surface area (Å²) in [5, 5.41) is 2.50. The molecule has 2 heterocycles. The number of nitrogens with one attached hydrogen (secondary N) is 1. The summed E-state index contributed by atoms with van der Waals surface area (Å²) in [5.74, 6) is -0.906. The summed E-state index contributed by atoms with van der Waals surface area (Å²) in [7, 11) is 0. The maximum absolute atomic E-state index is 12.8. The second-order valence-corrected chi connectivity index (χ2v) is 9.56. The highest BCUT2D eigenvalue weighted by molar-refractivity contribution is 5.95. The van der Waals surface area contributed by atoms with Gasteiger partial charge in [-0.05, 0) is 42.3 Å². The first kappa shape index (κ1) is 27.4. The summed E-state index contributed by atoms with van der Waals surface area (Å²) in [6.45, 7) is 4.36. The predicted octanol–water partition coefficient (Wildman–Crippen LogP) is 3.99. The molecule has 2 amide bonds. The Kier molecular flexibility index (Phi) is 8.25. The van der Waals surface area contributed by atoms with Crippen LogP contribution in [0.4, 0.5) is 18.0 Å². The summed E-state index contributed by atoms with van der Waals surface area (Å²) < 4.78 is 48.9. The van der Waals surface area contributed by atoms with Gasteiger partial charge in [0, 0.05) is 44.6 Å². The van der Waals surface area contributed by atoms with Gasteiger partial charge in [0.25, 0.3) is 5.91 Å². The molecule has 2 saturated heterocycles. The van der Waals surface area contributed by atoms with E-state index in [9.17, 15) is 27.6 Å². The number of ether oxygens (including phenoxy) is 2. The molecule has 1 N–H and O–H groups in total. The Bertz CT molecular complexity index is 1140. The Morgan fingerprint density at radius 3 is 2.21 bits per heavy atom. The Hall–Kier alpha value is -3.60. The van der Waals surface area contributed by atoms with Crippen LogP contribution in [0.25, 0.3) is 0 Å². The molecule has 2 aliphatic heterocycles. The average molecular weight is 534 g/mol. The normalized spacial score (nSPS) is 17.4. The minimum Gasteiger partial charge on any atom is -0.465 e. The highest BCUT2D eigenvalue weighted by Gasteiger charge is 2.46. The van der Waals surface area contributed by atoms with Crippen LogP contribution in [0.1, 0.15) is 46.8 Å². The number of benzene rings is 2. The lowest BCUT2D eigenvalue weighted by atomic mass is 9.91. The first-order chi connectivity index (χ1) is 18.1. The van der Waals surface area contributed by atoms with Gasteiger partial charge in [-0.3, -0.25) is 19.4 Å². The number of carbonyl (C=O) groups is 3. The Morgan fingerprint density at radius 2 is 1.61 bits per heavy atom. The monoisotopic (exact) mass is 533 g/mol. The van der Waals surface area contributed by atoms with Gasteiger partial charge in [-0.25, -0.2) is 4.79 Å². The molecule has 2 fully saturated rings. The van der Waals surface area contributed by atoms with Crippen molar-refractivity contribution in [3.05, 3.63) is 70.8 Å². The molecule has 8 nitrogen and oxygen atoms in total. The third kappa shape index (κ3) is 6.83. The number of nitrogens with zero attached hydrogens (tertiary/aromatic N) is 2. The fraction of sp³-hybridized carbons (Fsp3) is 0.444. The molecule has 1 spiro atoms. The molecule has 0 unspecified atom stereocenters. The van der Waals surface area contributed by atoms with Crippen molar-refractivity contribution in [2.45, 2.75) is 44.6 Å². The summed E-state index contributed by atoms with van der Waals surface area (Å²) in [5.41, 5.74) is 0.779. The average Bonchev–Trinajstić information content (AvgIpc) is 3.18. The van der Waals surface area contributed by atoms with Gasteiger partial charge in [0.2, 0.25) is 0 Å². The zero-order chi connectivity index (χ0) is 27.3. The fourth-order valence-electron chi connectivity index (χ4n) is 4.70. The van der Waals surface area contributed by atoms with Crippen LogP contribution < -0.4 is 5.32 Å². The number of piperidine rings is 1. The number of hydrogen-bond acceptors (Lipinski definition) is 6. The van der Waals surface area contributed by atoms with Crippen molar-refractivity contribution in [1.82, 2.24) is 15.1 Å². The molecule has 2 aromatic carbocycles. The van der Waals surface area contributed by atoms with Crippen molar-refractivity contribution in [2.24, 2.45) is 0 Å². The zero-order valence-electron chi connectivity index (χ0n) is 21.1. The van der Waals surface area contributed by atoms with E-state index in [-0.39, 0.29) is 13.2 Å². The van der Waals surface area contributed by atoms with Gasteiger partial charge < -0.3 is 14.8 Å². The van der Waals surface area contributed by atoms with E-state index in [1.54, 1.807) is 36.1 Å². The first-order valence-corrected chi connectivity index (χ1v) is 12.5. The summed E-state index contributed by atoms with van der Waals surface area (Å²) in [6, 6.07) is 12.0. The van der Waals surface area contributed by atoms with E-state index >= 15 is 0 Å². The van der Waals surface area contributed by atoms with Crippen LogP contribution in [-0.2, 0) is 33.5 Å². The Labute approximate surface area is 218 Å². The molecule has 38 heavy (non-hydrogen) atoms. The highest BCUT2D eigenvalue weighted by Crippen LogP contribution is 2.35. The summed E-state index contributed by atoms with van der Waals surface area (Å²) >= 11 is 0. The van der Waals surface area contributed by atoms with Crippen LogP contribution in [0, 0.1) is 0 Å². The maximum Gasteiger partial charge on any atom is 0.416 e. The van der Waals surface area contributed by atoms with E-state index in [0.717, 1.165) is 23.3 Å². The quantitative estimate of drug-likeness (QED) is 0.517. The van der Waals surface area contributed by atoms with Crippen LogP contribution in [-0.4, -0.2) is 66.2 Å². The summed E-state index contributed by atoms with van der Waals surface area (Å²) in [6.07, 6.45) is -3.47. The van der Waals surface area contributed by atoms with E-state index in [0.29, 0.717) is 51.1 Å². The standard InChI is InChI=1S/C27H30F3N3O5/c1-2-37-23(34)15-31-24(35)21-7-3-20(4-8-21)17-33-18-26(38-25(33)36)11-13-32(14-12-26)16-19-5-9-22(10-6-19)27(28,29)30/h3-10H,2,11-18H2,1H3,(H,31,35). The van der Waals surface area contributed by atoms with Crippen molar-refractivity contribution in [2.75, 3.05) is 32.8 Å². The SMILES string of the molecule is CCOC(=O)CNC(=O)c1ccc(CN2CC3(CCN(Cc4ccc(C(F)(F)F)cc4)CC3)OC2=O)cc1. The van der Waals surface area contributed by atoms with E-state index in [1.165, 1.54) is 12.1 Å². The minimum absolute atomic E-state index is 0.210. The summed E-state index contributed by atoms with van der Waals surface area (Å²) in [4.78, 5) is 40.0. The van der Waals surface area contributed by atoms with E-state index in [1.807, 2.05) is 0 Å². The van der Waals surface area contributed by atoms with Crippen molar-refractivity contribution in [1.29, 1.82) is 0 Å².